The van der Waals surface area contributed by atoms with Crippen LogP contribution in [0.5, 0.6) is 0 Å². The molecule has 2 unspecified atom stereocenters. The van der Waals surface area contributed by atoms with Crippen molar-refractivity contribution in [3.63, 3.8) is 0 Å². The maximum absolute atomic E-state index is 11.8. The van der Waals surface area contributed by atoms with E-state index in [4.69, 9.17) is 4.74 Å². The highest BCUT2D eigenvalue weighted by molar-refractivity contribution is 5.77. The summed E-state index contributed by atoms with van der Waals surface area (Å²) in [5.41, 5.74) is -0.385. The average molecular weight is 200 g/mol. The van der Waals surface area contributed by atoms with Gasteiger partial charge in [0.05, 0.1) is 18.1 Å². The molecular weight excluding hydrogens is 180 g/mol. The van der Waals surface area contributed by atoms with Crippen LogP contribution in [0.3, 0.4) is 0 Å². The molecule has 0 heterocycles. The fraction of sp³-hybridized carbons (Fsp3) is 0.909. The first-order valence-corrected chi connectivity index (χ1v) is 5.50. The van der Waals surface area contributed by atoms with Gasteiger partial charge in [-0.05, 0) is 32.6 Å². The van der Waals surface area contributed by atoms with Crippen molar-refractivity contribution in [1.82, 2.24) is 0 Å². The summed E-state index contributed by atoms with van der Waals surface area (Å²) >= 11 is 0. The van der Waals surface area contributed by atoms with Crippen molar-refractivity contribution < 1.29 is 14.6 Å². The van der Waals surface area contributed by atoms with E-state index in [9.17, 15) is 9.90 Å². The van der Waals surface area contributed by atoms with Crippen LogP contribution in [0.15, 0.2) is 0 Å². The van der Waals surface area contributed by atoms with Gasteiger partial charge in [-0.3, -0.25) is 4.79 Å². The number of aliphatic hydroxyl groups is 1. The second-order valence-electron chi connectivity index (χ2n) is 4.15. The van der Waals surface area contributed by atoms with Crippen molar-refractivity contribution >= 4 is 5.97 Å². The molecule has 1 rings (SSSR count). The van der Waals surface area contributed by atoms with Crippen molar-refractivity contribution in [2.24, 2.45) is 5.41 Å². The minimum Gasteiger partial charge on any atom is -0.466 e. The van der Waals surface area contributed by atoms with E-state index in [-0.39, 0.29) is 17.5 Å². The monoisotopic (exact) mass is 200 g/mol. The van der Waals surface area contributed by atoms with Gasteiger partial charge in [-0.15, -0.1) is 0 Å². The summed E-state index contributed by atoms with van der Waals surface area (Å²) in [5.74, 6) is -0.113. The molecule has 0 spiro atoms. The van der Waals surface area contributed by atoms with Crippen molar-refractivity contribution in [2.45, 2.75) is 52.1 Å². The number of rotatable bonds is 4. The van der Waals surface area contributed by atoms with E-state index in [0.717, 1.165) is 25.7 Å². The second-order valence-corrected chi connectivity index (χ2v) is 4.15. The molecule has 0 aromatic rings. The van der Waals surface area contributed by atoms with Gasteiger partial charge in [0.15, 0.2) is 0 Å². The van der Waals surface area contributed by atoms with E-state index in [2.05, 4.69) is 6.92 Å². The number of hydrogen-bond donors (Lipinski definition) is 1. The first-order chi connectivity index (χ1) is 6.64. The van der Waals surface area contributed by atoms with Crippen LogP contribution in [0, 0.1) is 5.41 Å². The molecule has 0 aromatic carbocycles. The molecule has 0 bridgehead atoms. The highest BCUT2D eigenvalue weighted by atomic mass is 16.5. The average Bonchev–Trinajstić information content (AvgIpc) is 2.50. The zero-order valence-electron chi connectivity index (χ0n) is 9.08. The van der Waals surface area contributed by atoms with Gasteiger partial charge in [0, 0.05) is 0 Å². The predicted octanol–water partition coefficient (Wildman–Crippen LogP) is 1.88. The van der Waals surface area contributed by atoms with E-state index >= 15 is 0 Å². The van der Waals surface area contributed by atoms with Crippen molar-refractivity contribution in [3.05, 3.63) is 0 Å². The maximum Gasteiger partial charge on any atom is 0.312 e. The third-order valence-corrected chi connectivity index (χ3v) is 3.02. The molecule has 3 nitrogen and oxygen atoms in total. The van der Waals surface area contributed by atoms with Crippen LogP contribution in [0.25, 0.3) is 0 Å². The SMILES string of the molecule is CCCC1(C(=O)OCC)CCC(O)C1. The quantitative estimate of drug-likeness (QED) is 0.705. The lowest BCUT2D eigenvalue weighted by atomic mass is 9.81. The normalized spacial score (nSPS) is 31.8. The Bertz CT molecular complexity index is 199. The zero-order valence-corrected chi connectivity index (χ0v) is 9.08. The van der Waals surface area contributed by atoms with E-state index < -0.39 is 0 Å². The minimum atomic E-state index is -0.385. The summed E-state index contributed by atoms with van der Waals surface area (Å²) < 4.78 is 5.08. The third-order valence-electron chi connectivity index (χ3n) is 3.02. The van der Waals surface area contributed by atoms with E-state index in [1.807, 2.05) is 6.92 Å². The Morgan fingerprint density at radius 3 is 2.71 bits per heavy atom. The van der Waals surface area contributed by atoms with Crippen molar-refractivity contribution in [3.8, 4) is 0 Å². The number of aliphatic hydroxyl groups excluding tert-OH is 1. The second kappa shape index (κ2) is 4.78. The fourth-order valence-corrected chi connectivity index (χ4v) is 2.38. The molecule has 3 heteroatoms. The Morgan fingerprint density at radius 2 is 2.29 bits per heavy atom. The molecule has 0 aromatic heterocycles. The lowest BCUT2D eigenvalue weighted by molar-refractivity contribution is -0.156. The summed E-state index contributed by atoms with van der Waals surface area (Å²) in [6, 6.07) is 0. The summed E-state index contributed by atoms with van der Waals surface area (Å²) in [6.07, 6.45) is 3.58. The van der Waals surface area contributed by atoms with Gasteiger partial charge in [0.1, 0.15) is 0 Å². The Kier molecular flexibility index (Phi) is 3.93. The highest BCUT2D eigenvalue weighted by Gasteiger charge is 2.45. The van der Waals surface area contributed by atoms with Crippen LogP contribution in [-0.2, 0) is 9.53 Å². The van der Waals surface area contributed by atoms with Gasteiger partial charge in [-0.25, -0.2) is 0 Å². The van der Waals surface area contributed by atoms with Crippen molar-refractivity contribution in [1.29, 1.82) is 0 Å². The predicted molar refractivity (Wildman–Crippen MR) is 53.8 cm³/mol. The van der Waals surface area contributed by atoms with E-state index in [1.54, 1.807) is 0 Å². The van der Waals surface area contributed by atoms with Gasteiger partial charge in [0.2, 0.25) is 0 Å². The maximum atomic E-state index is 11.8. The van der Waals surface area contributed by atoms with E-state index in [1.165, 1.54) is 0 Å². The third kappa shape index (κ3) is 2.27. The number of ether oxygens (including phenoxy) is 1. The Labute approximate surface area is 85.5 Å². The Balaban J connectivity index is 2.67. The van der Waals surface area contributed by atoms with Gasteiger partial charge in [0.25, 0.3) is 0 Å². The summed E-state index contributed by atoms with van der Waals surface area (Å²) in [6.45, 7) is 4.31. The number of carbonyl (C=O) groups excluding carboxylic acids is 1. The van der Waals surface area contributed by atoms with Crippen molar-refractivity contribution in [2.75, 3.05) is 6.61 Å². The Hall–Kier alpha value is -0.570. The van der Waals surface area contributed by atoms with E-state index in [0.29, 0.717) is 13.0 Å². The molecule has 1 fully saturated rings. The largest absolute Gasteiger partial charge is 0.466 e. The van der Waals surface area contributed by atoms with Crippen LogP contribution in [-0.4, -0.2) is 23.8 Å². The fourth-order valence-electron chi connectivity index (χ4n) is 2.38. The highest BCUT2D eigenvalue weighted by Crippen LogP contribution is 2.43. The first-order valence-electron chi connectivity index (χ1n) is 5.50. The summed E-state index contributed by atoms with van der Waals surface area (Å²) in [5, 5.41) is 9.50. The zero-order chi connectivity index (χ0) is 10.6. The summed E-state index contributed by atoms with van der Waals surface area (Å²) in [4.78, 5) is 11.8. The smallest absolute Gasteiger partial charge is 0.312 e. The molecule has 14 heavy (non-hydrogen) atoms. The van der Waals surface area contributed by atoms with Gasteiger partial charge in [-0.1, -0.05) is 13.3 Å². The molecule has 82 valence electrons. The molecule has 1 N–H and O–H groups in total. The summed E-state index contributed by atoms with van der Waals surface area (Å²) in [7, 11) is 0. The van der Waals surface area contributed by atoms with Crippen LogP contribution in [0.4, 0.5) is 0 Å². The molecular formula is C11H20O3. The molecule has 1 aliphatic carbocycles. The van der Waals surface area contributed by atoms with Gasteiger partial charge >= 0.3 is 5.97 Å². The van der Waals surface area contributed by atoms with Crippen LogP contribution in [0.2, 0.25) is 0 Å². The standard InChI is InChI=1S/C11H20O3/c1-3-6-11(10(13)14-4-2)7-5-9(12)8-11/h9,12H,3-8H2,1-2H3. The van der Waals surface area contributed by atoms with Gasteiger partial charge < -0.3 is 9.84 Å². The molecule has 0 amide bonds. The van der Waals surface area contributed by atoms with Crippen LogP contribution in [0.1, 0.15) is 46.0 Å². The number of esters is 1. The molecule has 0 saturated heterocycles. The first kappa shape index (κ1) is 11.5. The molecule has 0 aliphatic heterocycles. The lowest BCUT2D eigenvalue weighted by Crippen LogP contribution is -2.31. The molecule has 2 atom stereocenters. The minimum absolute atomic E-state index is 0.113. The van der Waals surface area contributed by atoms with Crippen LogP contribution >= 0.6 is 0 Å². The van der Waals surface area contributed by atoms with Gasteiger partial charge in [-0.2, -0.15) is 0 Å². The molecule has 1 aliphatic rings. The number of hydrogen-bond acceptors (Lipinski definition) is 3. The van der Waals surface area contributed by atoms with Crippen LogP contribution < -0.4 is 0 Å². The number of carbonyl (C=O) groups is 1. The Morgan fingerprint density at radius 1 is 1.57 bits per heavy atom. The molecule has 1 saturated carbocycles. The lowest BCUT2D eigenvalue weighted by Gasteiger charge is -2.25. The topological polar surface area (TPSA) is 46.5 Å². The molecule has 0 radical (unpaired) electrons.